The molecule has 1 saturated heterocycles. The summed E-state index contributed by atoms with van der Waals surface area (Å²) in [6, 6.07) is 0. The van der Waals surface area contributed by atoms with Crippen LogP contribution < -0.4 is 0 Å². The van der Waals surface area contributed by atoms with Crippen molar-refractivity contribution >= 4 is 5.97 Å². The van der Waals surface area contributed by atoms with E-state index in [0.29, 0.717) is 5.92 Å². The van der Waals surface area contributed by atoms with Gasteiger partial charge in [-0.05, 0) is 6.42 Å². The standard InChI is InChI=1S/C8H8O2/c9-8-6-2-4-1-5(6)7(3-4)10-8/h1,5-7H,2-3H2. The van der Waals surface area contributed by atoms with E-state index < -0.39 is 0 Å². The highest BCUT2D eigenvalue weighted by Gasteiger charge is 2.51. The minimum atomic E-state index is 0.0405. The minimum Gasteiger partial charge on any atom is -0.461 e. The first kappa shape index (κ1) is 4.94. The van der Waals surface area contributed by atoms with E-state index in [0.717, 1.165) is 12.8 Å². The van der Waals surface area contributed by atoms with Crippen LogP contribution >= 0.6 is 0 Å². The van der Waals surface area contributed by atoms with Crippen LogP contribution in [-0.2, 0) is 9.53 Å². The van der Waals surface area contributed by atoms with Crippen LogP contribution in [0.25, 0.3) is 0 Å². The fourth-order valence-corrected chi connectivity index (χ4v) is 2.38. The molecule has 0 radical (unpaired) electrons. The Morgan fingerprint density at radius 1 is 1.50 bits per heavy atom. The molecule has 3 unspecified atom stereocenters. The Hall–Kier alpha value is -0.790. The molecule has 3 aliphatic rings. The number of carbonyl (C=O) groups is 1. The minimum absolute atomic E-state index is 0.0405. The van der Waals surface area contributed by atoms with Gasteiger partial charge in [-0.1, -0.05) is 11.6 Å². The highest BCUT2D eigenvalue weighted by atomic mass is 16.6. The second kappa shape index (κ2) is 1.29. The van der Waals surface area contributed by atoms with Crippen LogP contribution in [0, 0.1) is 11.8 Å². The molecule has 0 amide bonds. The molecule has 0 spiro atoms. The molecular weight excluding hydrogens is 128 g/mol. The van der Waals surface area contributed by atoms with Crippen LogP contribution in [0.5, 0.6) is 0 Å². The lowest BCUT2D eigenvalue weighted by Gasteiger charge is -2.12. The molecule has 0 aromatic heterocycles. The van der Waals surface area contributed by atoms with Gasteiger partial charge in [0.25, 0.3) is 0 Å². The summed E-state index contributed by atoms with van der Waals surface area (Å²) < 4.78 is 5.15. The van der Waals surface area contributed by atoms with Gasteiger partial charge in [-0.25, -0.2) is 0 Å². The fourth-order valence-electron chi connectivity index (χ4n) is 2.38. The van der Waals surface area contributed by atoms with E-state index in [2.05, 4.69) is 6.08 Å². The van der Waals surface area contributed by atoms with E-state index in [4.69, 9.17) is 4.74 Å². The summed E-state index contributed by atoms with van der Waals surface area (Å²) in [7, 11) is 0. The largest absolute Gasteiger partial charge is 0.461 e. The van der Waals surface area contributed by atoms with Gasteiger partial charge < -0.3 is 4.74 Å². The highest BCUT2D eigenvalue weighted by molar-refractivity contribution is 5.78. The summed E-state index contributed by atoms with van der Waals surface area (Å²) in [5.74, 6) is 0.718. The predicted octanol–water partition coefficient (Wildman–Crippen LogP) is 0.878. The maximum absolute atomic E-state index is 11.0. The lowest BCUT2D eigenvalue weighted by atomic mass is 9.88. The molecule has 0 aromatic rings. The molecule has 1 heterocycles. The Morgan fingerprint density at radius 2 is 2.40 bits per heavy atom. The number of carbonyl (C=O) groups excluding carboxylic acids is 1. The van der Waals surface area contributed by atoms with Gasteiger partial charge in [0, 0.05) is 12.3 Å². The van der Waals surface area contributed by atoms with Crippen molar-refractivity contribution in [3.63, 3.8) is 0 Å². The van der Waals surface area contributed by atoms with E-state index in [1.165, 1.54) is 5.57 Å². The van der Waals surface area contributed by atoms with Crippen LogP contribution in [0.1, 0.15) is 12.8 Å². The van der Waals surface area contributed by atoms with Crippen molar-refractivity contribution < 1.29 is 9.53 Å². The van der Waals surface area contributed by atoms with Gasteiger partial charge in [0.1, 0.15) is 6.10 Å². The van der Waals surface area contributed by atoms with Crippen molar-refractivity contribution in [1.29, 1.82) is 0 Å². The Morgan fingerprint density at radius 3 is 3.00 bits per heavy atom. The lowest BCUT2D eigenvalue weighted by Crippen LogP contribution is -2.16. The number of rotatable bonds is 0. The fraction of sp³-hybridized carbons (Fsp3) is 0.625. The molecular formula is C8H8O2. The molecule has 3 atom stereocenters. The van der Waals surface area contributed by atoms with Gasteiger partial charge >= 0.3 is 5.97 Å². The zero-order valence-electron chi connectivity index (χ0n) is 5.54. The van der Waals surface area contributed by atoms with Gasteiger partial charge in [-0.15, -0.1) is 0 Å². The first-order valence-electron chi connectivity index (χ1n) is 3.74. The van der Waals surface area contributed by atoms with E-state index in [-0.39, 0.29) is 18.0 Å². The molecule has 1 fully saturated rings. The van der Waals surface area contributed by atoms with Gasteiger partial charge in [-0.2, -0.15) is 0 Å². The second-order valence-electron chi connectivity index (χ2n) is 3.39. The first-order valence-corrected chi connectivity index (χ1v) is 3.74. The van der Waals surface area contributed by atoms with Gasteiger partial charge in [0.15, 0.2) is 0 Å². The van der Waals surface area contributed by atoms with Crippen LogP contribution in [0.15, 0.2) is 11.6 Å². The molecule has 3 rings (SSSR count). The average Bonchev–Trinajstić information content (AvgIpc) is 2.44. The maximum atomic E-state index is 11.0. The molecule has 52 valence electrons. The highest BCUT2D eigenvalue weighted by Crippen LogP contribution is 2.49. The molecule has 0 aromatic carbocycles. The molecule has 1 aliphatic heterocycles. The van der Waals surface area contributed by atoms with Gasteiger partial charge in [0.2, 0.25) is 0 Å². The third-order valence-electron chi connectivity index (χ3n) is 2.84. The molecule has 10 heavy (non-hydrogen) atoms. The van der Waals surface area contributed by atoms with Gasteiger partial charge in [0.05, 0.1) is 5.92 Å². The number of esters is 1. The third-order valence-corrected chi connectivity index (χ3v) is 2.84. The summed E-state index contributed by atoms with van der Waals surface area (Å²) >= 11 is 0. The lowest BCUT2D eigenvalue weighted by molar-refractivity contribution is -0.143. The van der Waals surface area contributed by atoms with E-state index >= 15 is 0 Å². The smallest absolute Gasteiger partial charge is 0.310 e. The first-order chi connectivity index (χ1) is 4.84. The van der Waals surface area contributed by atoms with Gasteiger partial charge in [-0.3, -0.25) is 4.79 Å². The summed E-state index contributed by atoms with van der Waals surface area (Å²) in [6.45, 7) is 0. The quantitative estimate of drug-likeness (QED) is 0.365. The normalized spacial score (nSPS) is 47.8. The molecule has 0 N–H and O–H groups in total. The zero-order chi connectivity index (χ0) is 6.72. The van der Waals surface area contributed by atoms with E-state index in [9.17, 15) is 4.79 Å². The number of ether oxygens (including phenoxy) is 1. The van der Waals surface area contributed by atoms with Crippen LogP contribution in [0.2, 0.25) is 0 Å². The molecule has 2 aliphatic carbocycles. The molecule has 2 heteroatoms. The summed E-state index contributed by atoms with van der Waals surface area (Å²) in [4.78, 5) is 11.0. The van der Waals surface area contributed by atoms with E-state index in [1.54, 1.807) is 0 Å². The SMILES string of the molecule is O=C1OC2CC3=CC2C1C3. The van der Waals surface area contributed by atoms with Crippen molar-refractivity contribution in [2.45, 2.75) is 18.9 Å². The second-order valence-corrected chi connectivity index (χ2v) is 3.39. The number of hydrogen-bond acceptors (Lipinski definition) is 2. The Bertz CT molecular complexity index is 242. The van der Waals surface area contributed by atoms with Crippen LogP contribution in [-0.4, -0.2) is 12.1 Å². The Labute approximate surface area is 58.9 Å². The van der Waals surface area contributed by atoms with Crippen LogP contribution in [0.4, 0.5) is 0 Å². The summed E-state index contributed by atoms with van der Waals surface area (Å²) in [5, 5.41) is 0. The van der Waals surface area contributed by atoms with Crippen molar-refractivity contribution in [3.8, 4) is 0 Å². The topological polar surface area (TPSA) is 26.3 Å². The molecule has 0 saturated carbocycles. The summed E-state index contributed by atoms with van der Waals surface area (Å²) in [6.07, 6.45) is 4.48. The Kier molecular flexibility index (Phi) is 0.636. The molecule has 2 nitrogen and oxygen atoms in total. The number of hydrogen-bond donors (Lipinski definition) is 0. The third kappa shape index (κ3) is 0.376. The maximum Gasteiger partial charge on any atom is 0.310 e. The van der Waals surface area contributed by atoms with Crippen molar-refractivity contribution in [3.05, 3.63) is 11.6 Å². The van der Waals surface area contributed by atoms with E-state index in [1.807, 2.05) is 0 Å². The van der Waals surface area contributed by atoms with Crippen molar-refractivity contribution in [2.24, 2.45) is 11.8 Å². The zero-order valence-corrected chi connectivity index (χ0v) is 5.54. The Balaban J connectivity index is 2.10. The van der Waals surface area contributed by atoms with Crippen molar-refractivity contribution in [2.75, 3.05) is 0 Å². The predicted molar refractivity (Wildman–Crippen MR) is 34.2 cm³/mol. The average molecular weight is 136 g/mol. The van der Waals surface area contributed by atoms with Crippen molar-refractivity contribution in [1.82, 2.24) is 0 Å². The monoisotopic (exact) mass is 136 g/mol. The van der Waals surface area contributed by atoms with Crippen LogP contribution in [0.3, 0.4) is 0 Å². The molecule has 2 bridgehead atoms. The summed E-state index contributed by atoms with van der Waals surface area (Å²) in [5.41, 5.74) is 1.45.